The highest BCUT2D eigenvalue weighted by atomic mass is 19.4. The van der Waals surface area contributed by atoms with Crippen LogP contribution in [0.15, 0.2) is 18.2 Å². The zero-order chi connectivity index (χ0) is 14.1. The van der Waals surface area contributed by atoms with Crippen molar-refractivity contribution in [2.45, 2.75) is 45.7 Å². The van der Waals surface area contributed by atoms with Crippen molar-refractivity contribution in [3.8, 4) is 0 Å². The van der Waals surface area contributed by atoms with Crippen LogP contribution in [-0.2, 0) is 0 Å². The first-order chi connectivity index (χ1) is 8.16. The number of halogens is 3. The molecule has 1 aromatic rings. The van der Waals surface area contributed by atoms with E-state index in [9.17, 15) is 18.0 Å². The smallest absolute Gasteiger partial charge is 0.284 e. The molecule has 0 bridgehead atoms. The highest BCUT2D eigenvalue weighted by Crippen LogP contribution is 2.32. The van der Waals surface area contributed by atoms with Crippen molar-refractivity contribution in [3.63, 3.8) is 0 Å². The van der Waals surface area contributed by atoms with Gasteiger partial charge in [0, 0.05) is 5.56 Å². The van der Waals surface area contributed by atoms with Gasteiger partial charge in [-0.25, -0.2) is 0 Å². The normalized spacial score (nSPS) is 12.3. The van der Waals surface area contributed by atoms with Crippen molar-refractivity contribution in [1.29, 1.82) is 0 Å². The number of carbonyl (C=O) groups excluding carboxylic acids is 1. The van der Waals surface area contributed by atoms with Gasteiger partial charge in [-0.15, -0.1) is 0 Å². The van der Waals surface area contributed by atoms with E-state index in [1.165, 1.54) is 0 Å². The Morgan fingerprint density at radius 3 is 1.67 bits per heavy atom. The summed E-state index contributed by atoms with van der Waals surface area (Å²) in [6, 6.07) is 4.89. The highest BCUT2D eigenvalue weighted by molar-refractivity contribution is 6.03. The molecule has 0 aliphatic rings. The molecule has 0 spiro atoms. The van der Waals surface area contributed by atoms with Crippen LogP contribution in [-0.4, -0.2) is 12.0 Å². The lowest BCUT2D eigenvalue weighted by Gasteiger charge is -2.19. The molecule has 0 fully saturated rings. The minimum absolute atomic E-state index is 0.120. The standard InChI is InChI=1S/C14H17F3O/c1-8(2)10-6-5-7-11(9(3)4)12(10)13(18)14(15,16)17/h5-9H,1-4H3. The maximum Gasteiger partial charge on any atom is 0.454 e. The molecule has 0 aromatic heterocycles. The van der Waals surface area contributed by atoms with Crippen molar-refractivity contribution in [2.75, 3.05) is 0 Å². The molecule has 18 heavy (non-hydrogen) atoms. The Labute approximate surface area is 105 Å². The zero-order valence-corrected chi connectivity index (χ0v) is 10.9. The van der Waals surface area contributed by atoms with Gasteiger partial charge < -0.3 is 0 Å². The van der Waals surface area contributed by atoms with Crippen LogP contribution in [0.25, 0.3) is 0 Å². The third-order valence-corrected chi connectivity index (χ3v) is 2.86. The molecular formula is C14H17F3O. The van der Waals surface area contributed by atoms with Crippen molar-refractivity contribution in [2.24, 2.45) is 0 Å². The van der Waals surface area contributed by atoms with Gasteiger partial charge in [0.2, 0.25) is 0 Å². The summed E-state index contributed by atoms with van der Waals surface area (Å²) >= 11 is 0. The van der Waals surface area contributed by atoms with Crippen LogP contribution in [0.2, 0.25) is 0 Å². The number of alkyl halides is 3. The molecule has 1 rings (SSSR count). The van der Waals surface area contributed by atoms with Crippen LogP contribution in [0.5, 0.6) is 0 Å². The average Bonchev–Trinajstić information content (AvgIpc) is 2.25. The van der Waals surface area contributed by atoms with Crippen molar-refractivity contribution in [3.05, 3.63) is 34.9 Å². The van der Waals surface area contributed by atoms with E-state index < -0.39 is 12.0 Å². The number of ketones is 1. The summed E-state index contributed by atoms with van der Waals surface area (Å²) in [6.45, 7) is 7.14. The third-order valence-electron chi connectivity index (χ3n) is 2.86. The van der Waals surface area contributed by atoms with Crippen molar-refractivity contribution >= 4 is 5.78 Å². The predicted octanol–water partition coefficient (Wildman–Crippen LogP) is 4.68. The van der Waals surface area contributed by atoms with Crippen LogP contribution in [0.3, 0.4) is 0 Å². The van der Waals surface area contributed by atoms with Gasteiger partial charge in [-0.2, -0.15) is 13.2 Å². The molecule has 0 N–H and O–H groups in total. The molecule has 0 aliphatic carbocycles. The lowest BCUT2D eigenvalue weighted by Crippen LogP contribution is -2.26. The molecule has 0 heterocycles. The first-order valence-electron chi connectivity index (χ1n) is 5.90. The van der Waals surface area contributed by atoms with Gasteiger partial charge in [0.05, 0.1) is 0 Å². The van der Waals surface area contributed by atoms with E-state index in [4.69, 9.17) is 0 Å². The van der Waals surface area contributed by atoms with Crippen molar-refractivity contribution in [1.82, 2.24) is 0 Å². The Kier molecular flexibility index (Phi) is 4.20. The molecule has 4 heteroatoms. The lowest BCUT2D eigenvalue weighted by atomic mass is 9.86. The summed E-state index contributed by atoms with van der Waals surface area (Å²) in [6.07, 6.45) is -4.82. The van der Waals surface area contributed by atoms with Gasteiger partial charge in [-0.3, -0.25) is 4.79 Å². The van der Waals surface area contributed by atoms with Crippen LogP contribution in [0.4, 0.5) is 13.2 Å². The van der Waals surface area contributed by atoms with Gasteiger partial charge >= 0.3 is 6.18 Å². The Balaban J connectivity index is 3.51. The van der Waals surface area contributed by atoms with E-state index >= 15 is 0 Å². The van der Waals surface area contributed by atoms with E-state index in [1.54, 1.807) is 45.9 Å². The Hall–Kier alpha value is -1.32. The fourth-order valence-electron chi connectivity index (χ4n) is 1.95. The van der Waals surface area contributed by atoms with Gasteiger partial charge in [0.25, 0.3) is 5.78 Å². The Morgan fingerprint density at radius 1 is 1.00 bits per heavy atom. The first-order valence-corrected chi connectivity index (χ1v) is 5.90. The Morgan fingerprint density at radius 2 is 1.39 bits per heavy atom. The van der Waals surface area contributed by atoms with Gasteiger partial charge in [0.1, 0.15) is 0 Å². The number of rotatable bonds is 3. The van der Waals surface area contributed by atoms with E-state index in [-0.39, 0.29) is 17.4 Å². The third kappa shape index (κ3) is 2.92. The fraction of sp³-hybridized carbons (Fsp3) is 0.500. The molecule has 0 saturated carbocycles. The molecule has 1 aromatic carbocycles. The van der Waals surface area contributed by atoms with Crippen molar-refractivity contribution < 1.29 is 18.0 Å². The fourth-order valence-corrected chi connectivity index (χ4v) is 1.95. The quantitative estimate of drug-likeness (QED) is 0.719. The van der Waals surface area contributed by atoms with Gasteiger partial charge in [-0.1, -0.05) is 45.9 Å². The monoisotopic (exact) mass is 258 g/mol. The van der Waals surface area contributed by atoms with E-state index in [1.807, 2.05) is 0 Å². The van der Waals surface area contributed by atoms with Crippen LogP contribution < -0.4 is 0 Å². The second kappa shape index (κ2) is 5.12. The topological polar surface area (TPSA) is 17.1 Å². The van der Waals surface area contributed by atoms with E-state index in [0.717, 1.165) is 0 Å². The molecule has 0 saturated heterocycles. The number of hydrogen-bond acceptors (Lipinski definition) is 1. The molecule has 0 unspecified atom stereocenters. The second-order valence-electron chi connectivity index (χ2n) is 4.95. The minimum atomic E-state index is -4.82. The second-order valence-corrected chi connectivity index (χ2v) is 4.95. The number of benzene rings is 1. The van der Waals surface area contributed by atoms with Gasteiger partial charge in [-0.05, 0) is 23.0 Å². The van der Waals surface area contributed by atoms with E-state index in [2.05, 4.69) is 0 Å². The molecule has 0 amide bonds. The summed E-state index contributed by atoms with van der Waals surface area (Å²) in [5.74, 6) is -1.98. The maximum absolute atomic E-state index is 12.7. The summed E-state index contributed by atoms with van der Waals surface area (Å²) in [5, 5.41) is 0. The minimum Gasteiger partial charge on any atom is -0.284 e. The largest absolute Gasteiger partial charge is 0.454 e. The molecular weight excluding hydrogens is 241 g/mol. The molecule has 0 radical (unpaired) electrons. The Bertz CT molecular complexity index is 419. The number of carbonyl (C=O) groups is 1. The van der Waals surface area contributed by atoms with Crippen LogP contribution in [0.1, 0.15) is 61.0 Å². The maximum atomic E-state index is 12.7. The SMILES string of the molecule is CC(C)c1cccc(C(C)C)c1C(=O)C(F)(F)F. The van der Waals surface area contributed by atoms with Crippen LogP contribution in [0, 0.1) is 0 Å². The zero-order valence-electron chi connectivity index (χ0n) is 10.9. The van der Waals surface area contributed by atoms with Gasteiger partial charge in [0.15, 0.2) is 0 Å². The molecule has 0 aliphatic heterocycles. The number of Topliss-reactive ketones (excluding diaryl/α,β-unsaturated/α-hetero) is 1. The van der Waals surface area contributed by atoms with Crippen LogP contribution >= 0.6 is 0 Å². The summed E-state index contributed by atoms with van der Waals surface area (Å²) in [5.41, 5.74) is 0.752. The molecule has 0 atom stereocenters. The summed E-state index contributed by atoms with van der Waals surface area (Å²) in [4.78, 5) is 11.6. The number of hydrogen-bond donors (Lipinski definition) is 0. The summed E-state index contributed by atoms with van der Waals surface area (Å²) in [7, 11) is 0. The first kappa shape index (κ1) is 14.7. The summed E-state index contributed by atoms with van der Waals surface area (Å²) < 4.78 is 38.0. The van der Waals surface area contributed by atoms with E-state index in [0.29, 0.717) is 11.1 Å². The molecule has 100 valence electrons. The predicted molar refractivity (Wildman–Crippen MR) is 65.0 cm³/mol. The lowest BCUT2D eigenvalue weighted by molar-refractivity contribution is -0.0886. The average molecular weight is 258 g/mol. The highest BCUT2D eigenvalue weighted by Gasteiger charge is 2.41. The molecule has 1 nitrogen and oxygen atoms in total.